The van der Waals surface area contributed by atoms with E-state index in [0.717, 1.165) is 63.7 Å². The molecule has 2 aromatic carbocycles. The van der Waals surface area contributed by atoms with Gasteiger partial charge in [0.1, 0.15) is 0 Å². The molecule has 10 fully saturated rings. The lowest BCUT2D eigenvalue weighted by Crippen LogP contribution is -2.69. The van der Waals surface area contributed by atoms with Gasteiger partial charge in [0.15, 0.2) is 19.7 Å². The Labute approximate surface area is 615 Å². The van der Waals surface area contributed by atoms with Crippen molar-refractivity contribution in [1.82, 2.24) is 20.0 Å². The van der Waals surface area contributed by atoms with Gasteiger partial charge in [0.25, 0.3) is 0 Å². The maximum atomic E-state index is 13.8. The zero-order valence-electron chi connectivity index (χ0n) is 65.0. The van der Waals surface area contributed by atoms with Gasteiger partial charge in [-0.3, -0.25) is 9.69 Å². The molecular weight excluding hydrogens is 1310 g/mol. The summed E-state index contributed by atoms with van der Waals surface area (Å²) in [6.45, 7) is 47.1. The molecule has 0 bridgehead atoms. The lowest BCUT2D eigenvalue weighted by Gasteiger charge is -2.73. The fourth-order valence-corrected chi connectivity index (χ4v) is 30.8. The Morgan fingerprint density at radius 2 is 0.971 bits per heavy atom. The highest BCUT2D eigenvalue weighted by Gasteiger charge is 2.73. The van der Waals surface area contributed by atoms with Crippen LogP contribution in [0.15, 0.2) is 85.0 Å². The van der Waals surface area contributed by atoms with E-state index in [2.05, 4.69) is 141 Å². The van der Waals surface area contributed by atoms with E-state index in [4.69, 9.17) is 4.74 Å². The van der Waals surface area contributed by atoms with Crippen LogP contribution in [0.25, 0.3) is 11.1 Å². The quantitative estimate of drug-likeness (QED) is 0.136. The number of rotatable bonds is 14. The molecule has 2 saturated heterocycles. The van der Waals surface area contributed by atoms with E-state index >= 15 is 0 Å². The number of carbonyl (C=O) groups is 3. The first-order valence-corrected chi connectivity index (χ1v) is 43.6. The Bertz CT molecular complexity index is 3890. The summed E-state index contributed by atoms with van der Waals surface area (Å²) in [7, 11) is -4.37. The van der Waals surface area contributed by atoms with Gasteiger partial charge in [0, 0.05) is 70.4 Å². The molecule has 2 aromatic rings. The van der Waals surface area contributed by atoms with Crippen molar-refractivity contribution < 1.29 is 41.1 Å². The molecule has 0 spiro atoms. The Balaban J connectivity index is 0.000000182. The van der Waals surface area contributed by atoms with Crippen LogP contribution in [0, 0.1) is 102 Å². The number of carboxylic acid groups (broad SMARTS) is 1. The maximum absolute atomic E-state index is 13.8. The average molecular weight is 1440 g/mol. The van der Waals surface area contributed by atoms with E-state index in [1.807, 2.05) is 24.3 Å². The number of sulfone groups is 2. The van der Waals surface area contributed by atoms with Crippen LogP contribution in [0.5, 0.6) is 0 Å². The number of hydrogen-bond acceptors (Lipinski definition) is 11. The van der Waals surface area contributed by atoms with Crippen LogP contribution in [-0.4, -0.2) is 148 Å². The fourth-order valence-electron chi connectivity index (χ4n) is 28.3. The van der Waals surface area contributed by atoms with Crippen LogP contribution in [-0.2, 0) is 29.2 Å². The van der Waals surface area contributed by atoms with Gasteiger partial charge < -0.3 is 25.0 Å². The summed E-state index contributed by atoms with van der Waals surface area (Å²) < 4.78 is 53.3. The van der Waals surface area contributed by atoms with Crippen molar-refractivity contribution in [3.63, 3.8) is 0 Å². The van der Waals surface area contributed by atoms with Gasteiger partial charge >= 0.3 is 11.9 Å². The number of ether oxygens (including phenoxy) is 1. The Morgan fingerprint density at radius 1 is 0.529 bits per heavy atom. The van der Waals surface area contributed by atoms with E-state index in [1.54, 1.807) is 19.1 Å². The largest absolute Gasteiger partial charge is 0.478 e. The van der Waals surface area contributed by atoms with Crippen LogP contribution in [0.4, 0.5) is 0 Å². The number of methoxy groups -OCH3 is 1. The number of hydrogen-bond donors (Lipinski definition) is 2. The van der Waals surface area contributed by atoms with Crippen molar-refractivity contribution in [2.45, 2.75) is 217 Å². The average Bonchev–Trinajstić information content (AvgIpc) is 1.03. The normalized spacial score (nSPS) is 41.3. The summed E-state index contributed by atoms with van der Waals surface area (Å²) in [5.74, 6) is 5.66. The highest BCUT2D eigenvalue weighted by atomic mass is 32.2. The van der Waals surface area contributed by atoms with Crippen LogP contribution in [0.3, 0.4) is 0 Å². The number of fused-ring (bicyclic) bond motifs is 14. The fraction of sp³-hybridized carbons (Fsp3) is 0.736. The van der Waals surface area contributed by atoms with Gasteiger partial charge in [0.05, 0.1) is 41.2 Å². The minimum Gasteiger partial charge on any atom is -0.478 e. The minimum atomic E-state index is -2.95. The van der Waals surface area contributed by atoms with Crippen LogP contribution in [0.2, 0.25) is 0 Å². The summed E-state index contributed by atoms with van der Waals surface area (Å²) in [5, 5.41) is 13.7. The Morgan fingerprint density at radius 3 is 1.43 bits per heavy atom. The molecule has 2 aliphatic heterocycles. The summed E-state index contributed by atoms with van der Waals surface area (Å²) in [4.78, 5) is 44.4. The van der Waals surface area contributed by atoms with Gasteiger partial charge in [-0.15, -0.1) is 0 Å². The third-order valence-electron chi connectivity index (χ3n) is 33.6. The summed E-state index contributed by atoms with van der Waals surface area (Å²) >= 11 is 0. The van der Waals surface area contributed by atoms with Crippen LogP contribution in [0.1, 0.15) is 237 Å². The first-order chi connectivity index (χ1) is 47.8. The molecule has 562 valence electrons. The van der Waals surface area contributed by atoms with Crippen LogP contribution >= 0.6 is 0 Å². The standard InChI is InChI=1S/C44H64N2O5S.C43H64N2O4S/c1-29(2)33-15-20-44(46(30(3)47)24-23-45-25-27-52(50,51)28-26-45)22-21-42(7)35(38(33)44)13-14-37-41(6)18-16-34(31-9-11-32(12-10-31)39(48)49)40(4,5)36(41)17-19-43(37,42)8;1-29(2)32-15-20-43(44-23-24-45-25-27-50(47,48)28-26-45)22-21-41(6)34(37(32)43)13-14-36-40(5)18-16-33(30-9-11-31(12-10-30)38(46)49-8)39(3,4)35(40)17-19-42(36,41)7/h9-12,16,33,35-38H,1,13-15,17-28H2,2-8H3,(H,48,49);9-12,16,32,34-37,44H,1,13-15,17-28H2,2-8H3/t33-,35+,36-,37+,38+,41-,42+,43+,44-;32-,34+,35-,36+,37+,40-,41+,42+,43-/m00/s1. The van der Waals surface area contributed by atoms with Crippen molar-refractivity contribution in [3.8, 4) is 0 Å². The molecule has 1 amide bonds. The Kier molecular flexibility index (Phi) is 19.9. The first-order valence-electron chi connectivity index (χ1n) is 40.0. The van der Waals surface area contributed by atoms with Gasteiger partial charge in [-0.2, -0.15) is 0 Å². The summed E-state index contributed by atoms with van der Waals surface area (Å²) in [5.41, 5.74) is 10.1. The van der Waals surface area contributed by atoms with Gasteiger partial charge in [-0.1, -0.05) is 130 Å². The summed E-state index contributed by atoms with van der Waals surface area (Å²) in [6, 6.07) is 15.6. The monoisotopic (exact) mass is 1440 g/mol. The number of carbonyl (C=O) groups excluding carboxylic acids is 2. The third kappa shape index (κ3) is 12.1. The zero-order valence-corrected chi connectivity index (χ0v) is 66.7. The predicted octanol–water partition coefficient (Wildman–Crippen LogP) is 16.6. The molecule has 102 heavy (non-hydrogen) atoms. The van der Waals surface area contributed by atoms with Crippen molar-refractivity contribution in [3.05, 3.63) is 107 Å². The smallest absolute Gasteiger partial charge is 0.337 e. The number of esters is 1. The molecule has 10 aliphatic carbocycles. The molecule has 15 heteroatoms. The number of nitrogens with zero attached hydrogens (tertiary/aromatic N) is 3. The topological polar surface area (TPSA) is 171 Å². The van der Waals surface area contributed by atoms with E-state index in [1.165, 1.54) is 112 Å². The van der Waals surface area contributed by atoms with E-state index in [-0.39, 0.29) is 72.4 Å². The minimum absolute atomic E-state index is 0.0322. The molecule has 0 aromatic heterocycles. The highest BCUT2D eigenvalue weighted by Crippen LogP contribution is 2.79. The van der Waals surface area contributed by atoms with E-state index in [0.29, 0.717) is 120 Å². The van der Waals surface area contributed by atoms with Crippen molar-refractivity contribution in [2.75, 3.05) is 82.5 Å². The second-order valence-electron chi connectivity index (χ2n) is 38.3. The van der Waals surface area contributed by atoms with E-state index < -0.39 is 25.6 Å². The third-order valence-corrected chi connectivity index (χ3v) is 36.9. The molecule has 2 N–H and O–H groups in total. The number of amides is 1. The van der Waals surface area contributed by atoms with Crippen molar-refractivity contribution >= 4 is 48.7 Å². The molecule has 0 unspecified atom stereocenters. The molecule has 0 radical (unpaired) electrons. The van der Waals surface area contributed by atoms with Gasteiger partial charge in [-0.05, 0) is 278 Å². The Hall–Kier alpha value is -4.41. The maximum Gasteiger partial charge on any atom is 0.337 e. The molecule has 2 heterocycles. The summed E-state index contributed by atoms with van der Waals surface area (Å²) in [6.07, 6.45) is 26.6. The molecule has 8 saturated carbocycles. The number of benzene rings is 2. The number of allylic oxidation sites excluding steroid dienone is 6. The van der Waals surface area contributed by atoms with Crippen molar-refractivity contribution in [1.29, 1.82) is 0 Å². The SMILES string of the molecule is C=C(C)[C@@H]1CC[C@]2(N(CCN3CCS(=O)(=O)CC3)C(C)=O)CC[C@]3(C)[C@H](CC[C@@H]4[C@@]5(C)CC=C(c6ccc(C(=O)O)cc6)C(C)(C)[C@@H]5CC[C@]43C)[C@@H]12.C=C(C)[C@@H]1CC[C@]2(NCCN3CCS(=O)(=O)CC3)CC[C@]3(C)[C@H](CC[C@@H]4[C@@]5(C)CC=C(c6ccc(C(=O)OC)cc6)C(C)(C)[C@@H]5CC[C@]43C)[C@@H]12. The molecule has 14 rings (SSSR count). The molecular formula is C87H128N4O9S2. The predicted molar refractivity (Wildman–Crippen MR) is 412 cm³/mol. The number of carboxylic acids is 1. The second-order valence-corrected chi connectivity index (χ2v) is 42.9. The lowest BCUT2D eigenvalue weighted by molar-refractivity contribution is -0.227. The molecule has 13 nitrogen and oxygen atoms in total. The number of nitrogens with one attached hydrogen (secondary N) is 1. The first kappa shape index (κ1) is 75.8. The molecule has 12 aliphatic rings. The van der Waals surface area contributed by atoms with Gasteiger partial charge in [-0.25, -0.2) is 26.4 Å². The number of aromatic carboxylic acids is 1. The molecule has 18 atom stereocenters. The van der Waals surface area contributed by atoms with E-state index in [9.17, 15) is 36.3 Å². The zero-order chi connectivity index (χ0) is 73.6. The lowest BCUT2D eigenvalue weighted by atomic mass is 9.33. The second kappa shape index (κ2) is 26.8. The van der Waals surface area contributed by atoms with Crippen LogP contribution < -0.4 is 5.32 Å². The highest BCUT2D eigenvalue weighted by molar-refractivity contribution is 7.91. The van der Waals surface area contributed by atoms with Crippen molar-refractivity contribution in [2.24, 2.45) is 102 Å². The van der Waals surface area contributed by atoms with Gasteiger partial charge in [0.2, 0.25) is 5.91 Å².